The predicted molar refractivity (Wildman–Crippen MR) is 71.3 cm³/mol. The van der Waals surface area contributed by atoms with Crippen LogP contribution in [0.25, 0.3) is 0 Å². The van der Waals surface area contributed by atoms with E-state index in [0.29, 0.717) is 5.92 Å². The van der Waals surface area contributed by atoms with Gasteiger partial charge in [-0.3, -0.25) is 0 Å². The summed E-state index contributed by atoms with van der Waals surface area (Å²) in [6.45, 7) is 4.50. The molecule has 94 valence electrons. The van der Waals surface area contributed by atoms with Gasteiger partial charge in [0.1, 0.15) is 5.75 Å². The summed E-state index contributed by atoms with van der Waals surface area (Å²) in [5.41, 5.74) is 9.22. The van der Waals surface area contributed by atoms with Gasteiger partial charge < -0.3 is 10.5 Å². The third-order valence-corrected chi connectivity index (χ3v) is 4.23. The van der Waals surface area contributed by atoms with E-state index >= 15 is 0 Å². The highest BCUT2D eigenvalue weighted by Crippen LogP contribution is 2.43. The molecule has 0 spiro atoms. The first-order chi connectivity index (χ1) is 8.11. The zero-order valence-corrected chi connectivity index (χ0v) is 11.1. The van der Waals surface area contributed by atoms with Crippen LogP contribution in [0.4, 0.5) is 0 Å². The van der Waals surface area contributed by atoms with Crippen molar-refractivity contribution in [2.45, 2.75) is 45.1 Å². The van der Waals surface area contributed by atoms with Crippen LogP contribution in [0.1, 0.15) is 44.2 Å². The standard InChI is InChI=1S/C15H23NO/c1-4-5-11(2)15(16)9-8-12-6-7-13(17-3)10-14(12)15/h6-7,10-11H,4-5,8-9,16H2,1-3H3. The van der Waals surface area contributed by atoms with E-state index in [9.17, 15) is 0 Å². The average molecular weight is 233 g/mol. The van der Waals surface area contributed by atoms with E-state index < -0.39 is 0 Å². The number of ether oxygens (including phenoxy) is 1. The first kappa shape index (κ1) is 12.4. The first-order valence-electron chi connectivity index (χ1n) is 6.58. The lowest BCUT2D eigenvalue weighted by molar-refractivity contribution is 0.275. The first-order valence-corrected chi connectivity index (χ1v) is 6.58. The molecular weight excluding hydrogens is 210 g/mol. The monoisotopic (exact) mass is 233 g/mol. The molecule has 0 bridgehead atoms. The molecule has 2 heteroatoms. The molecule has 1 aromatic rings. The molecule has 0 aromatic heterocycles. The fourth-order valence-corrected chi connectivity index (χ4v) is 3.01. The van der Waals surface area contributed by atoms with Crippen molar-refractivity contribution in [3.8, 4) is 5.75 Å². The van der Waals surface area contributed by atoms with Crippen LogP contribution >= 0.6 is 0 Å². The maximum atomic E-state index is 6.67. The van der Waals surface area contributed by atoms with Crippen LogP contribution in [0, 0.1) is 5.92 Å². The Labute approximate surface area is 104 Å². The molecule has 0 fully saturated rings. The molecule has 2 atom stereocenters. The largest absolute Gasteiger partial charge is 0.497 e. The summed E-state index contributed by atoms with van der Waals surface area (Å²) < 4.78 is 5.32. The van der Waals surface area contributed by atoms with Crippen LogP contribution in [0.5, 0.6) is 5.75 Å². The highest BCUT2D eigenvalue weighted by Gasteiger charge is 2.39. The minimum Gasteiger partial charge on any atom is -0.497 e. The maximum absolute atomic E-state index is 6.67. The van der Waals surface area contributed by atoms with Gasteiger partial charge >= 0.3 is 0 Å². The third-order valence-electron chi connectivity index (χ3n) is 4.23. The van der Waals surface area contributed by atoms with Gasteiger partial charge in [-0.1, -0.05) is 26.3 Å². The summed E-state index contributed by atoms with van der Waals surface area (Å²) >= 11 is 0. The minimum atomic E-state index is -0.153. The van der Waals surface area contributed by atoms with Crippen molar-refractivity contribution in [1.29, 1.82) is 0 Å². The molecule has 2 unspecified atom stereocenters. The zero-order chi connectivity index (χ0) is 12.5. The Morgan fingerprint density at radius 2 is 2.24 bits per heavy atom. The number of benzene rings is 1. The van der Waals surface area contributed by atoms with Crippen molar-refractivity contribution in [3.63, 3.8) is 0 Å². The molecule has 0 amide bonds. The number of methoxy groups -OCH3 is 1. The summed E-state index contributed by atoms with van der Waals surface area (Å²) in [4.78, 5) is 0. The number of hydrogen-bond donors (Lipinski definition) is 1. The van der Waals surface area contributed by atoms with Crippen molar-refractivity contribution >= 4 is 0 Å². The quantitative estimate of drug-likeness (QED) is 0.866. The molecule has 17 heavy (non-hydrogen) atoms. The van der Waals surface area contributed by atoms with E-state index in [1.165, 1.54) is 24.0 Å². The third kappa shape index (κ3) is 2.06. The SMILES string of the molecule is CCCC(C)C1(N)CCc2ccc(OC)cc21. The smallest absolute Gasteiger partial charge is 0.119 e. The van der Waals surface area contributed by atoms with Crippen molar-refractivity contribution in [1.82, 2.24) is 0 Å². The second kappa shape index (κ2) is 4.69. The normalized spacial score (nSPS) is 24.5. The fraction of sp³-hybridized carbons (Fsp3) is 0.600. The molecule has 0 saturated heterocycles. The summed E-state index contributed by atoms with van der Waals surface area (Å²) in [6.07, 6.45) is 4.55. The van der Waals surface area contributed by atoms with Gasteiger partial charge in [0.25, 0.3) is 0 Å². The number of aryl methyl sites for hydroxylation is 1. The predicted octanol–water partition coefficient (Wildman–Crippen LogP) is 3.23. The molecule has 2 nitrogen and oxygen atoms in total. The van der Waals surface area contributed by atoms with Gasteiger partial charge in [-0.15, -0.1) is 0 Å². The lowest BCUT2D eigenvalue weighted by atomic mass is 9.78. The van der Waals surface area contributed by atoms with E-state index in [4.69, 9.17) is 10.5 Å². The van der Waals surface area contributed by atoms with Gasteiger partial charge in [0.05, 0.1) is 7.11 Å². The molecular formula is C15H23NO. The van der Waals surface area contributed by atoms with E-state index in [0.717, 1.165) is 18.6 Å². The Balaban J connectivity index is 2.36. The number of rotatable bonds is 4. The van der Waals surface area contributed by atoms with Gasteiger partial charge in [-0.2, -0.15) is 0 Å². The van der Waals surface area contributed by atoms with Crippen LogP contribution in [-0.2, 0) is 12.0 Å². The molecule has 1 aliphatic carbocycles. The molecule has 0 saturated carbocycles. The molecule has 0 heterocycles. The second-order valence-corrected chi connectivity index (χ2v) is 5.25. The minimum absolute atomic E-state index is 0.153. The molecule has 1 aliphatic rings. The second-order valence-electron chi connectivity index (χ2n) is 5.25. The van der Waals surface area contributed by atoms with Crippen LogP contribution in [-0.4, -0.2) is 7.11 Å². The van der Waals surface area contributed by atoms with Crippen molar-refractivity contribution < 1.29 is 4.74 Å². The topological polar surface area (TPSA) is 35.2 Å². The Kier molecular flexibility index (Phi) is 3.43. The van der Waals surface area contributed by atoms with E-state index in [1.807, 2.05) is 6.07 Å². The van der Waals surface area contributed by atoms with Crippen molar-refractivity contribution in [2.24, 2.45) is 11.7 Å². The molecule has 2 N–H and O–H groups in total. The van der Waals surface area contributed by atoms with Gasteiger partial charge in [0, 0.05) is 5.54 Å². The highest BCUT2D eigenvalue weighted by atomic mass is 16.5. The molecule has 1 aromatic carbocycles. The fourth-order valence-electron chi connectivity index (χ4n) is 3.01. The van der Waals surface area contributed by atoms with Gasteiger partial charge in [-0.05, 0) is 48.4 Å². The summed E-state index contributed by atoms with van der Waals surface area (Å²) in [6, 6.07) is 6.34. The maximum Gasteiger partial charge on any atom is 0.119 e. The van der Waals surface area contributed by atoms with E-state index in [-0.39, 0.29) is 5.54 Å². The lowest BCUT2D eigenvalue weighted by Gasteiger charge is -2.32. The van der Waals surface area contributed by atoms with Gasteiger partial charge in [-0.25, -0.2) is 0 Å². The number of nitrogens with two attached hydrogens (primary N) is 1. The van der Waals surface area contributed by atoms with Crippen molar-refractivity contribution in [3.05, 3.63) is 29.3 Å². The number of hydrogen-bond acceptors (Lipinski definition) is 2. The van der Waals surface area contributed by atoms with Gasteiger partial charge in [0.15, 0.2) is 0 Å². The molecule has 0 radical (unpaired) electrons. The zero-order valence-electron chi connectivity index (χ0n) is 11.1. The van der Waals surface area contributed by atoms with Gasteiger partial charge in [0.2, 0.25) is 0 Å². The highest BCUT2D eigenvalue weighted by molar-refractivity contribution is 5.44. The number of fused-ring (bicyclic) bond motifs is 1. The summed E-state index contributed by atoms with van der Waals surface area (Å²) in [5, 5.41) is 0. The van der Waals surface area contributed by atoms with E-state index in [2.05, 4.69) is 26.0 Å². The molecule has 0 aliphatic heterocycles. The van der Waals surface area contributed by atoms with Crippen LogP contribution in [0.3, 0.4) is 0 Å². The summed E-state index contributed by atoms with van der Waals surface area (Å²) in [5.74, 6) is 1.45. The van der Waals surface area contributed by atoms with Crippen LogP contribution < -0.4 is 10.5 Å². The Morgan fingerprint density at radius 1 is 1.47 bits per heavy atom. The Hall–Kier alpha value is -1.02. The van der Waals surface area contributed by atoms with Crippen LogP contribution in [0.15, 0.2) is 18.2 Å². The lowest BCUT2D eigenvalue weighted by Crippen LogP contribution is -2.40. The Morgan fingerprint density at radius 3 is 2.88 bits per heavy atom. The summed E-state index contributed by atoms with van der Waals surface area (Å²) in [7, 11) is 1.71. The van der Waals surface area contributed by atoms with E-state index in [1.54, 1.807) is 7.11 Å². The average Bonchev–Trinajstić information content (AvgIpc) is 2.68. The van der Waals surface area contributed by atoms with Crippen LogP contribution in [0.2, 0.25) is 0 Å². The van der Waals surface area contributed by atoms with Crippen molar-refractivity contribution in [2.75, 3.05) is 7.11 Å². The Bertz CT molecular complexity index is 402. The molecule has 2 rings (SSSR count).